The van der Waals surface area contributed by atoms with Gasteiger partial charge < -0.3 is 4.74 Å². The van der Waals surface area contributed by atoms with Crippen LogP contribution in [0.1, 0.15) is 64.4 Å². The first-order valence-electron chi connectivity index (χ1n) is 12.7. The third kappa shape index (κ3) is 3.84. The summed E-state index contributed by atoms with van der Waals surface area (Å²) in [6.07, 6.45) is 8.29. The van der Waals surface area contributed by atoms with Crippen molar-refractivity contribution in [2.45, 2.75) is 65.2 Å². The molecule has 4 aliphatic rings. The van der Waals surface area contributed by atoms with E-state index < -0.39 is 0 Å². The second kappa shape index (κ2) is 8.61. The van der Waals surface area contributed by atoms with Gasteiger partial charge in [0.1, 0.15) is 12.4 Å². The summed E-state index contributed by atoms with van der Waals surface area (Å²) < 4.78 is 5.79. The molecule has 0 saturated heterocycles. The van der Waals surface area contributed by atoms with E-state index in [2.05, 4.69) is 26.0 Å². The van der Waals surface area contributed by atoms with Crippen LogP contribution in [0.3, 0.4) is 0 Å². The van der Waals surface area contributed by atoms with Crippen molar-refractivity contribution in [2.75, 3.05) is 13.2 Å². The van der Waals surface area contributed by atoms with E-state index in [1.54, 1.807) is 0 Å². The topological polar surface area (TPSA) is 60.4 Å². The molecule has 0 spiro atoms. The summed E-state index contributed by atoms with van der Waals surface area (Å²) >= 11 is 0. The summed E-state index contributed by atoms with van der Waals surface area (Å²) in [5.41, 5.74) is 2.00. The molecule has 0 N–H and O–H groups in total. The lowest BCUT2D eigenvalue weighted by Gasteiger charge is -2.56. The van der Waals surface area contributed by atoms with Crippen LogP contribution >= 0.6 is 0 Å². The monoisotopic (exact) mass is 448 g/mol. The maximum Gasteiger partial charge on any atom is 0.162 e. The molecule has 0 amide bonds. The van der Waals surface area contributed by atoms with Crippen LogP contribution in [0.25, 0.3) is 0 Å². The summed E-state index contributed by atoms with van der Waals surface area (Å²) in [6, 6.07) is 10.2. The number of fused-ring (bicyclic) bond motifs is 5. The maximum absolute atomic E-state index is 13.6. The van der Waals surface area contributed by atoms with Gasteiger partial charge in [-0.2, -0.15) is 0 Å². The minimum atomic E-state index is -0.250. The smallest absolute Gasteiger partial charge is 0.162 e. The zero-order valence-electron chi connectivity index (χ0n) is 20.0. The number of rotatable bonds is 6. The molecule has 1 aromatic carbocycles. The van der Waals surface area contributed by atoms with Crippen molar-refractivity contribution >= 4 is 17.3 Å². The van der Waals surface area contributed by atoms with Gasteiger partial charge in [0.15, 0.2) is 11.6 Å². The molecule has 176 valence electrons. The van der Waals surface area contributed by atoms with E-state index >= 15 is 0 Å². The molecule has 0 heterocycles. The summed E-state index contributed by atoms with van der Waals surface area (Å²) in [5.74, 6) is 1.39. The number of hydrogen-bond acceptors (Lipinski definition) is 4. The Bertz CT molecular complexity index is 979. The molecule has 4 aliphatic carbocycles. The van der Waals surface area contributed by atoms with Gasteiger partial charge >= 0.3 is 0 Å². The summed E-state index contributed by atoms with van der Waals surface area (Å²) in [4.78, 5) is 38.9. The Labute approximate surface area is 197 Å². The van der Waals surface area contributed by atoms with Crippen LogP contribution in [0.15, 0.2) is 42.0 Å². The Balaban J connectivity index is 1.27. The Morgan fingerprint density at radius 1 is 1.06 bits per heavy atom. The standard InChI is InChI=1S/C29H36O4/c1-28-14-12-21(30)16-20(28)8-9-22-23-10-11-24(29(23,2)17-25(31)27(22)28)26(32)18-33-15-13-19-6-4-3-5-7-19/h3-7,16,22-24,27H,8-15,17-18H2,1-2H3/t22-,23-,24+,27+,28-,29-/m0/s1. The molecule has 0 aromatic heterocycles. The van der Waals surface area contributed by atoms with Gasteiger partial charge in [0.05, 0.1) is 6.61 Å². The number of hydrogen-bond donors (Lipinski definition) is 0. The van der Waals surface area contributed by atoms with Crippen molar-refractivity contribution < 1.29 is 19.1 Å². The molecule has 1 aromatic rings. The Hall–Kier alpha value is -2.07. The van der Waals surface area contributed by atoms with Gasteiger partial charge in [-0.15, -0.1) is 0 Å². The predicted octanol–water partition coefficient (Wildman–Crippen LogP) is 5.14. The highest BCUT2D eigenvalue weighted by atomic mass is 16.5. The number of ketones is 3. The first-order valence-corrected chi connectivity index (χ1v) is 12.7. The van der Waals surface area contributed by atoms with Crippen LogP contribution < -0.4 is 0 Å². The van der Waals surface area contributed by atoms with Crippen LogP contribution in [0, 0.1) is 34.5 Å². The van der Waals surface area contributed by atoms with Gasteiger partial charge in [-0.1, -0.05) is 49.8 Å². The molecule has 4 heteroatoms. The lowest BCUT2D eigenvalue weighted by Crippen LogP contribution is -2.55. The van der Waals surface area contributed by atoms with Crippen molar-refractivity contribution in [3.63, 3.8) is 0 Å². The van der Waals surface area contributed by atoms with E-state index in [1.165, 1.54) is 11.1 Å². The number of Topliss-reactive ketones (excluding diaryl/α,β-unsaturated/α-hetero) is 2. The average molecular weight is 449 g/mol. The Morgan fingerprint density at radius 2 is 1.85 bits per heavy atom. The first-order chi connectivity index (χ1) is 15.8. The van der Waals surface area contributed by atoms with E-state index in [0.29, 0.717) is 37.1 Å². The van der Waals surface area contributed by atoms with Gasteiger partial charge in [-0.3, -0.25) is 14.4 Å². The maximum atomic E-state index is 13.6. The van der Waals surface area contributed by atoms with Crippen LogP contribution in [0.4, 0.5) is 0 Å². The average Bonchev–Trinajstić information content (AvgIpc) is 3.14. The third-order valence-corrected chi connectivity index (χ3v) is 9.66. The normalized spacial score (nSPS) is 37.7. The molecule has 4 nitrogen and oxygen atoms in total. The predicted molar refractivity (Wildman–Crippen MR) is 127 cm³/mol. The number of allylic oxidation sites excluding steroid dienone is 1. The molecule has 0 aliphatic heterocycles. The number of ether oxygens (including phenoxy) is 1. The van der Waals surface area contributed by atoms with E-state index in [4.69, 9.17) is 4.74 Å². The Kier molecular flexibility index (Phi) is 5.93. The largest absolute Gasteiger partial charge is 0.373 e. The second-order valence-electron chi connectivity index (χ2n) is 11.4. The second-order valence-corrected chi connectivity index (χ2v) is 11.4. The third-order valence-electron chi connectivity index (χ3n) is 9.66. The van der Waals surface area contributed by atoms with Crippen LogP contribution in [-0.4, -0.2) is 30.6 Å². The van der Waals surface area contributed by atoms with Gasteiger partial charge in [0.2, 0.25) is 0 Å². The molecular formula is C29H36O4. The summed E-state index contributed by atoms with van der Waals surface area (Å²) in [6.45, 7) is 5.11. The SMILES string of the molecule is C[C@]12CC(=O)[C@H]3[C@@H](CCC4=CC(=O)CC[C@@]43C)[C@@H]1CC[C@@H]2C(=O)COCCc1ccccc1. The number of carbonyl (C=O) groups is 3. The lowest BCUT2D eigenvalue weighted by atomic mass is 9.46. The fraction of sp³-hybridized carbons (Fsp3) is 0.621. The van der Waals surface area contributed by atoms with Crippen LogP contribution in [-0.2, 0) is 25.5 Å². The quantitative estimate of drug-likeness (QED) is 0.565. The van der Waals surface area contributed by atoms with Gasteiger partial charge in [-0.05, 0) is 72.8 Å². The minimum absolute atomic E-state index is 0.0136. The molecular weight excluding hydrogens is 412 g/mol. The highest BCUT2D eigenvalue weighted by Gasteiger charge is 2.63. The van der Waals surface area contributed by atoms with Crippen molar-refractivity contribution in [3.8, 4) is 0 Å². The fourth-order valence-corrected chi connectivity index (χ4v) is 8.02. The first kappa shape index (κ1) is 22.7. The van der Waals surface area contributed by atoms with Gasteiger partial charge in [0, 0.05) is 24.7 Å². The number of carbonyl (C=O) groups excluding carboxylic acids is 3. The molecule has 33 heavy (non-hydrogen) atoms. The molecule has 3 saturated carbocycles. The zero-order valence-corrected chi connectivity index (χ0v) is 20.0. The Morgan fingerprint density at radius 3 is 2.64 bits per heavy atom. The van der Waals surface area contributed by atoms with Gasteiger partial charge in [-0.25, -0.2) is 0 Å². The van der Waals surface area contributed by atoms with E-state index in [9.17, 15) is 14.4 Å². The van der Waals surface area contributed by atoms with E-state index in [1.807, 2.05) is 24.3 Å². The fourth-order valence-electron chi connectivity index (χ4n) is 8.02. The van der Waals surface area contributed by atoms with Gasteiger partial charge in [0.25, 0.3) is 0 Å². The van der Waals surface area contributed by atoms with E-state index in [-0.39, 0.29) is 40.8 Å². The molecule has 3 fully saturated rings. The molecule has 5 rings (SSSR count). The summed E-state index contributed by atoms with van der Waals surface area (Å²) in [5, 5.41) is 0. The zero-order chi connectivity index (χ0) is 23.2. The molecule has 0 unspecified atom stereocenters. The van der Waals surface area contributed by atoms with Crippen molar-refractivity contribution in [1.29, 1.82) is 0 Å². The summed E-state index contributed by atoms with van der Waals surface area (Å²) in [7, 11) is 0. The van der Waals surface area contributed by atoms with Crippen molar-refractivity contribution in [2.24, 2.45) is 34.5 Å². The molecule has 0 bridgehead atoms. The number of benzene rings is 1. The molecule has 0 radical (unpaired) electrons. The highest BCUT2D eigenvalue weighted by molar-refractivity contribution is 5.93. The van der Waals surface area contributed by atoms with E-state index in [0.717, 1.165) is 38.5 Å². The highest BCUT2D eigenvalue weighted by Crippen LogP contribution is 2.65. The minimum Gasteiger partial charge on any atom is -0.373 e. The van der Waals surface area contributed by atoms with Crippen LogP contribution in [0.5, 0.6) is 0 Å². The van der Waals surface area contributed by atoms with Crippen molar-refractivity contribution in [3.05, 3.63) is 47.5 Å². The lowest BCUT2D eigenvalue weighted by molar-refractivity contribution is -0.149. The molecule has 6 atom stereocenters. The van der Waals surface area contributed by atoms with Crippen molar-refractivity contribution in [1.82, 2.24) is 0 Å². The van der Waals surface area contributed by atoms with Crippen LogP contribution in [0.2, 0.25) is 0 Å².